The van der Waals surface area contributed by atoms with Gasteiger partial charge in [0, 0.05) is 24.0 Å². The number of thioether (sulfide) groups is 1. The third-order valence-corrected chi connectivity index (χ3v) is 6.98. The van der Waals surface area contributed by atoms with Crippen LogP contribution in [0.3, 0.4) is 0 Å². The number of benzene rings is 1. The number of nitrogens with zero attached hydrogens (tertiary/aromatic N) is 2. The molecular formula is C21H22FN3O2S2. The van der Waals surface area contributed by atoms with Crippen LogP contribution in [0.4, 0.5) is 4.39 Å². The molecule has 8 heteroatoms. The first kappa shape index (κ1) is 20.1. The maximum Gasteiger partial charge on any atom is 0.260 e. The lowest BCUT2D eigenvalue weighted by Crippen LogP contribution is -2.37. The summed E-state index contributed by atoms with van der Waals surface area (Å²) in [7, 11) is 0. The van der Waals surface area contributed by atoms with E-state index in [1.807, 2.05) is 17.2 Å². The second kappa shape index (κ2) is 8.67. The van der Waals surface area contributed by atoms with Gasteiger partial charge < -0.3 is 9.88 Å². The SMILES string of the molecule is CC(Sc1nc2scc(-c3ccc(F)cc3)c2c(=O)[nH]1)C(=O)N1CCCCCC1. The minimum Gasteiger partial charge on any atom is -0.342 e. The number of amides is 1. The minimum atomic E-state index is -0.318. The van der Waals surface area contributed by atoms with Crippen molar-refractivity contribution in [3.05, 3.63) is 45.8 Å². The zero-order valence-corrected chi connectivity index (χ0v) is 17.7. The second-order valence-corrected chi connectivity index (χ2v) is 9.39. The van der Waals surface area contributed by atoms with Gasteiger partial charge in [0.15, 0.2) is 5.16 Å². The molecule has 152 valence electrons. The Kier molecular flexibility index (Phi) is 6.01. The Morgan fingerprint density at radius 1 is 1.21 bits per heavy atom. The van der Waals surface area contributed by atoms with Gasteiger partial charge in [-0.05, 0) is 37.5 Å². The van der Waals surface area contributed by atoms with Crippen molar-refractivity contribution >= 4 is 39.2 Å². The number of fused-ring (bicyclic) bond motifs is 1. The predicted molar refractivity (Wildman–Crippen MR) is 116 cm³/mol. The Labute approximate surface area is 176 Å². The number of rotatable bonds is 4. The highest BCUT2D eigenvalue weighted by atomic mass is 32.2. The van der Waals surface area contributed by atoms with Gasteiger partial charge in [0.05, 0.1) is 10.6 Å². The third-order valence-electron chi connectivity index (χ3n) is 5.13. The first-order chi connectivity index (χ1) is 14.0. The summed E-state index contributed by atoms with van der Waals surface area (Å²) in [6.07, 6.45) is 4.44. The lowest BCUT2D eigenvalue weighted by Gasteiger charge is -2.23. The van der Waals surface area contributed by atoms with Gasteiger partial charge in [-0.25, -0.2) is 9.37 Å². The van der Waals surface area contributed by atoms with Crippen LogP contribution in [0.15, 0.2) is 39.6 Å². The van der Waals surface area contributed by atoms with E-state index >= 15 is 0 Å². The van der Waals surface area contributed by atoms with Crippen molar-refractivity contribution in [2.24, 2.45) is 0 Å². The van der Waals surface area contributed by atoms with Crippen molar-refractivity contribution < 1.29 is 9.18 Å². The van der Waals surface area contributed by atoms with E-state index in [1.165, 1.54) is 48.1 Å². The number of halogens is 1. The number of nitrogens with one attached hydrogen (secondary N) is 1. The normalized spacial score (nSPS) is 16.0. The number of carbonyl (C=O) groups is 1. The van der Waals surface area contributed by atoms with E-state index in [4.69, 9.17) is 0 Å². The monoisotopic (exact) mass is 431 g/mol. The number of hydrogen-bond acceptors (Lipinski definition) is 5. The van der Waals surface area contributed by atoms with Crippen LogP contribution in [-0.4, -0.2) is 39.1 Å². The molecule has 2 aromatic heterocycles. The zero-order valence-electron chi connectivity index (χ0n) is 16.1. The number of H-pyrrole nitrogens is 1. The summed E-state index contributed by atoms with van der Waals surface area (Å²) in [4.78, 5) is 35.5. The Bertz CT molecular complexity index is 1070. The standard InChI is InChI=1S/C21H22FN3O2S2/c1-13(20(27)25-10-4-2-3-5-11-25)29-21-23-18(26)17-16(12-28-19(17)24-21)14-6-8-15(22)9-7-14/h6-9,12-13H,2-5,10-11H2,1H3,(H,23,24,26). The van der Waals surface area contributed by atoms with Gasteiger partial charge in [-0.1, -0.05) is 36.7 Å². The first-order valence-corrected chi connectivity index (χ1v) is 11.5. The number of aromatic amines is 1. The van der Waals surface area contributed by atoms with E-state index in [9.17, 15) is 14.0 Å². The molecule has 1 saturated heterocycles. The van der Waals surface area contributed by atoms with Crippen LogP contribution in [0, 0.1) is 5.82 Å². The highest BCUT2D eigenvalue weighted by Gasteiger charge is 2.23. The molecule has 1 aliphatic rings. The Morgan fingerprint density at radius 2 is 1.90 bits per heavy atom. The van der Waals surface area contributed by atoms with Crippen LogP contribution >= 0.6 is 23.1 Å². The molecule has 0 bridgehead atoms. The minimum absolute atomic E-state index is 0.0952. The van der Waals surface area contributed by atoms with Crippen molar-refractivity contribution in [3.8, 4) is 11.1 Å². The molecule has 1 aliphatic heterocycles. The van der Waals surface area contributed by atoms with E-state index in [0.717, 1.165) is 37.1 Å². The fraction of sp³-hybridized carbons (Fsp3) is 0.381. The fourth-order valence-electron chi connectivity index (χ4n) is 3.59. The third kappa shape index (κ3) is 4.38. The first-order valence-electron chi connectivity index (χ1n) is 9.76. The molecule has 3 aromatic rings. The van der Waals surface area contributed by atoms with E-state index in [0.29, 0.717) is 15.4 Å². The van der Waals surface area contributed by atoms with Crippen LogP contribution in [0.5, 0.6) is 0 Å². The average molecular weight is 432 g/mol. The predicted octanol–water partition coefficient (Wildman–Crippen LogP) is 4.67. The van der Waals surface area contributed by atoms with Crippen molar-refractivity contribution in [1.29, 1.82) is 0 Å². The zero-order chi connectivity index (χ0) is 20.4. The van der Waals surface area contributed by atoms with Crippen LogP contribution in [0.1, 0.15) is 32.6 Å². The van der Waals surface area contributed by atoms with Gasteiger partial charge in [-0.15, -0.1) is 11.3 Å². The molecule has 0 saturated carbocycles. The molecule has 1 fully saturated rings. The number of thiophene rings is 1. The maximum atomic E-state index is 13.2. The van der Waals surface area contributed by atoms with Crippen molar-refractivity contribution in [2.45, 2.75) is 43.0 Å². The van der Waals surface area contributed by atoms with Gasteiger partial charge in [0.2, 0.25) is 5.91 Å². The van der Waals surface area contributed by atoms with Crippen molar-refractivity contribution in [3.63, 3.8) is 0 Å². The molecule has 29 heavy (non-hydrogen) atoms. The van der Waals surface area contributed by atoms with Crippen molar-refractivity contribution in [2.75, 3.05) is 13.1 Å². The molecule has 1 unspecified atom stereocenters. The molecule has 1 atom stereocenters. The lowest BCUT2D eigenvalue weighted by molar-refractivity contribution is -0.130. The highest BCUT2D eigenvalue weighted by molar-refractivity contribution is 8.00. The Balaban J connectivity index is 1.57. The van der Waals surface area contributed by atoms with Crippen LogP contribution < -0.4 is 5.56 Å². The molecule has 1 aromatic carbocycles. The Hall–Kier alpha value is -2.19. The van der Waals surface area contributed by atoms with Gasteiger partial charge in [0.1, 0.15) is 10.6 Å². The van der Waals surface area contributed by atoms with E-state index in [-0.39, 0.29) is 22.5 Å². The number of likely N-dealkylation sites (tertiary alicyclic amines) is 1. The summed E-state index contributed by atoms with van der Waals surface area (Å²) in [5, 5.41) is 2.49. The largest absolute Gasteiger partial charge is 0.342 e. The van der Waals surface area contributed by atoms with Crippen molar-refractivity contribution in [1.82, 2.24) is 14.9 Å². The van der Waals surface area contributed by atoms with Crippen LogP contribution in [-0.2, 0) is 4.79 Å². The van der Waals surface area contributed by atoms with Crippen LogP contribution in [0.25, 0.3) is 21.3 Å². The molecule has 1 amide bonds. The smallest absolute Gasteiger partial charge is 0.260 e. The van der Waals surface area contributed by atoms with E-state index in [1.54, 1.807) is 12.1 Å². The number of hydrogen-bond donors (Lipinski definition) is 1. The summed E-state index contributed by atoms with van der Waals surface area (Å²) in [5.41, 5.74) is 1.27. The summed E-state index contributed by atoms with van der Waals surface area (Å²) in [6, 6.07) is 6.06. The summed E-state index contributed by atoms with van der Waals surface area (Å²) in [5.74, 6) is -0.222. The molecule has 0 aliphatic carbocycles. The fourth-order valence-corrected chi connectivity index (χ4v) is 5.48. The topological polar surface area (TPSA) is 66.1 Å². The number of carbonyl (C=O) groups excluding carboxylic acids is 1. The molecule has 0 radical (unpaired) electrons. The molecule has 3 heterocycles. The van der Waals surface area contributed by atoms with E-state index in [2.05, 4.69) is 9.97 Å². The summed E-state index contributed by atoms with van der Waals surface area (Å²) < 4.78 is 13.2. The van der Waals surface area contributed by atoms with Gasteiger partial charge in [-0.3, -0.25) is 9.59 Å². The Morgan fingerprint density at radius 3 is 2.59 bits per heavy atom. The maximum absolute atomic E-state index is 13.2. The lowest BCUT2D eigenvalue weighted by atomic mass is 10.1. The molecular weight excluding hydrogens is 409 g/mol. The van der Waals surface area contributed by atoms with Gasteiger partial charge >= 0.3 is 0 Å². The summed E-state index contributed by atoms with van der Waals surface area (Å²) in [6.45, 7) is 3.47. The molecule has 0 spiro atoms. The summed E-state index contributed by atoms with van der Waals surface area (Å²) >= 11 is 2.66. The van der Waals surface area contributed by atoms with Gasteiger partial charge in [-0.2, -0.15) is 0 Å². The van der Waals surface area contributed by atoms with E-state index < -0.39 is 0 Å². The second-order valence-electron chi connectivity index (χ2n) is 7.21. The quantitative estimate of drug-likeness (QED) is 0.481. The highest BCUT2D eigenvalue weighted by Crippen LogP contribution is 2.32. The molecule has 5 nitrogen and oxygen atoms in total. The number of aromatic nitrogens is 2. The van der Waals surface area contributed by atoms with Crippen LogP contribution in [0.2, 0.25) is 0 Å². The molecule has 1 N–H and O–H groups in total. The average Bonchev–Trinajstić information content (AvgIpc) is 2.95. The van der Waals surface area contributed by atoms with Gasteiger partial charge in [0.25, 0.3) is 5.56 Å². The molecule has 4 rings (SSSR count).